The van der Waals surface area contributed by atoms with Gasteiger partial charge in [-0.3, -0.25) is 0 Å². The fourth-order valence-electron chi connectivity index (χ4n) is 1.52. The largest absolute Gasteiger partial charge is 0.245 e. The molecule has 1 aromatic carbocycles. The van der Waals surface area contributed by atoms with Crippen molar-refractivity contribution in [2.45, 2.75) is 17.2 Å². The zero-order valence-corrected chi connectivity index (χ0v) is 10.5. The Bertz CT molecular complexity index is 595. The molecular formula is C13H10FN3S. The summed E-state index contributed by atoms with van der Waals surface area (Å²) in [6, 6.07) is 8.58. The average molecular weight is 259 g/mol. The molecule has 0 aliphatic heterocycles. The quantitative estimate of drug-likeness (QED) is 0.793. The normalized spacial score (nSPS) is 11.8. The van der Waals surface area contributed by atoms with Gasteiger partial charge in [-0.1, -0.05) is 30.0 Å². The highest BCUT2D eigenvalue weighted by molar-refractivity contribution is 7.99. The standard InChI is InChI=1S/C13H10FN3S/c1-9(10-4-2-3-5-11(10)14)18-13-12(8-15)16-6-7-17-13/h2-7,9H,1H3. The summed E-state index contributed by atoms with van der Waals surface area (Å²) in [6.07, 6.45) is 2.99. The van der Waals surface area contributed by atoms with E-state index in [4.69, 9.17) is 5.26 Å². The predicted molar refractivity (Wildman–Crippen MR) is 67.4 cm³/mol. The second-order valence-corrected chi connectivity index (χ2v) is 4.93. The Kier molecular flexibility index (Phi) is 3.90. The van der Waals surface area contributed by atoms with Gasteiger partial charge < -0.3 is 0 Å². The Labute approximate surface area is 109 Å². The van der Waals surface area contributed by atoms with E-state index >= 15 is 0 Å². The molecule has 5 heteroatoms. The van der Waals surface area contributed by atoms with Crippen molar-refractivity contribution in [3.8, 4) is 6.07 Å². The van der Waals surface area contributed by atoms with Gasteiger partial charge in [0.15, 0.2) is 5.69 Å². The second kappa shape index (κ2) is 5.61. The molecule has 3 nitrogen and oxygen atoms in total. The summed E-state index contributed by atoms with van der Waals surface area (Å²) in [5.74, 6) is -0.250. The van der Waals surface area contributed by atoms with Crippen molar-refractivity contribution in [3.05, 3.63) is 53.7 Å². The number of hydrogen-bond acceptors (Lipinski definition) is 4. The number of nitriles is 1. The molecule has 1 aromatic heterocycles. The van der Waals surface area contributed by atoms with Crippen molar-refractivity contribution in [1.29, 1.82) is 5.26 Å². The highest BCUT2D eigenvalue weighted by Gasteiger charge is 2.15. The zero-order chi connectivity index (χ0) is 13.0. The molecule has 1 heterocycles. The first-order valence-electron chi connectivity index (χ1n) is 5.34. The van der Waals surface area contributed by atoms with E-state index in [9.17, 15) is 4.39 Å². The summed E-state index contributed by atoms with van der Waals surface area (Å²) >= 11 is 1.33. The van der Waals surface area contributed by atoms with Crippen molar-refractivity contribution in [3.63, 3.8) is 0 Å². The molecule has 2 rings (SSSR count). The minimum Gasteiger partial charge on any atom is -0.245 e. The number of rotatable bonds is 3. The van der Waals surface area contributed by atoms with E-state index < -0.39 is 0 Å². The van der Waals surface area contributed by atoms with Crippen LogP contribution < -0.4 is 0 Å². The Balaban J connectivity index is 2.25. The molecule has 1 unspecified atom stereocenters. The second-order valence-electron chi connectivity index (χ2n) is 3.60. The van der Waals surface area contributed by atoms with E-state index in [1.165, 1.54) is 30.2 Å². The van der Waals surface area contributed by atoms with Gasteiger partial charge in [0.25, 0.3) is 0 Å². The molecule has 0 fully saturated rings. The predicted octanol–water partition coefficient (Wildman–Crippen LogP) is 3.34. The van der Waals surface area contributed by atoms with Crippen LogP contribution >= 0.6 is 11.8 Å². The Morgan fingerprint density at radius 3 is 2.72 bits per heavy atom. The lowest BCUT2D eigenvalue weighted by atomic mass is 10.1. The Morgan fingerprint density at radius 2 is 2.00 bits per heavy atom. The molecule has 0 spiro atoms. The third kappa shape index (κ3) is 2.66. The van der Waals surface area contributed by atoms with Crippen molar-refractivity contribution in [2.75, 3.05) is 0 Å². The van der Waals surface area contributed by atoms with Crippen LogP contribution in [0, 0.1) is 17.1 Å². The van der Waals surface area contributed by atoms with Crippen LogP contribution in [0.3, 0.4) is 0 Å². The van der Waals surface area contributed by atoms with Gasteiger partial charge in [0.05, 0.1) is 0 Å². The lowest BCUT2D eigenvalue weighted by Gasteiger charge is -2.11. The number of nitrogens with zero attached hydrogens (tertiary/aromatic N) is 3. The van der Waals surface area contributed by atoms with Crippen molar-refractivity contribution in [2.24, 2.45) is 0 Å². The summed E-state index contributed by atoms with van der Waals surface area (Å²) in [4.78, 5) is 8.03. The molecular weight excluding hydrogens is 249 g/mol. The molecule has 2 aromatic rings. The number of aromatic nitrogens is 2. The minimum atomic E-state index is -0.250. The van der Waals surface area contributed by atoms with Crippen LogP contribution in [0.15, 0.2) is 41.7 Å². The van der Waals surface area contributed by atoms with Crippen molar-refractivity contribution >= 4 is 11.8 Å². The summed E-state index contributed by atoms with van der Waals surface area (Å²) in [7, 11) is 0. The van der Waals surface area contributed by atoms with Crippen LogP contribution in [-0.2, 0) is 0 Å². The maximum atomic E-state index is 13.6. The fourth-order valence-corrected chi connectivity index (χ4v) is 2.51. The van der Waals surface area contributed by atoms with Gasteiger partial charge in [0.1, 0.15) is 16.9 Å². The number of hydrogen-bond donors (Lipinski definition) is 0. The molecule has 0 saturated heterocycles. The van der Waals surface area contributed by atoms with Gasteiger partial charge in [-0.25, -0.2) is 14.4 Å². The van der Waals surface area contributed by atoms with Crippen LogP contribution in [0.2, 0.25) is 0 Å². The highest BCUT2D eigenvalue weighted by Crippen LogP contribution is 2.35. The fraction of sp³-hybridized carbons (Fsp3) is 0.154. The molecule has 0 N–H and O–H groups in total. The van der Waals surface area contributed by atoms with Crippen LogP contribution in [0.25, 0.3) is 0 Å². The molecule has 0 saturated carbocycles. The van der Waals surface area contributed by atoms with Crippen LogP contribution in [-0.4, -0.2) is 9.97 Å². The molecule has 18 heavy (non-hydrogen) atoms. The monoisotopic (exact) mass is 259 g/mol. The molecule has 0 bridgehead atoms. The first-order valence-corrected chi connectivity index (χ1v) is 6.22. The van der Waals surface area contributed by atoms with Gasteiger partial charge >= 0.3 is 0 Å². The first-order chi connectivity index (χ1) is 8.72. The van der Waals surface area contributed by atoms with Gasteiger partial charge in [-0.05, 0) is 13.0 Å². The summed E-state index contributed by atoms with van der Waals surface area (Å²) in [5.41, 5.74) is 0.864. The first kappa shape index (κ1) is 12.5. The van der Waals surface area contributed by atoms with Crippen LogP contribution in [0.4, 0.5) is 4.39 Å². The van der Waals surface area contributed by atoms with Crippen molar-refractivity contribution in [1.82, 2.24) is 9.97 Å². The molecule has 0 radical (unpaired) electrons. The Morgan fingerprint density at radius 1 is 1.28 bits per heavy atom. The smallest absolute Gasteiger partial charge is 0.172 e. The third-order valence-electron chi connectivity index (χ3n) is 2.40. The number of benzene rings is 1. The van der Waals surface area contributed by atoms with Gasteiger partial charge in [-0.2, -0.15) is 5.26 Å². The summed E-state index contributed by atoms with van der Waals surface area (Å²) in [5, 5.41) is 9.31. The van der Waals surface area contributed by atoms with E-state index in [1.54, 1.807) is 18.2 Å². The van der Waals surface area contributed by atoms with Gasteiger partial charge in [0.2, 0.25) is 0 Å². The lowest BCUT2D eigenvalue weighted by molar-refractivity contribution is 0.611. The average Bonchev–Trinajstić information content (AvgIpc) is 2.39. The van der Waals surface area contributed by atoms with E-state index in [1.807, 2.05) is 13.0 Å². The zero-order valence-electron chi connectivity index (χ0n) is 9.67. The number of halogens is 1. The molecule has 0 amide bonds. The van der Waals surface area contributed by atoms with Gasteiger partial charge in [-0.15, -0.1) is 0 Å². The lowest BCUT2D eigenvalue weighted by Crippen LogP contribution is -1.96. The molecule has 0 aliphatic carbocycles. The molecule has 90 valence electrons. The highest BCUT2D eigenvalue weighted by atomic mass is 32.2. The topological polar surface area (TPSA) is 49.6 Å². The SMILES string of the molecule is CC(Sc1nccnc1C#N)c1ccccc1F. The van der Waals surface area contributed by atoms with Gasteiger partial charge in [0, 0.05) is 23.2 Å². The minimum absolute atomic E-state index is 0.130. The van der Waals surface area contributed by atoms with Crippen molar-refractivity contribution < 1.29 is 4.39 Å². The van der Waals surface area contributed by atoms with E-state index in [0.29, 0.717) is 10.6 Å². The van der Waals surface area contributed by atoms with Crippen LogP contribution in [0.5, 0.6) is 0 Å². The van der Waals surface area contributed by atoms with E-state index in [0.717, 1.165) is 0 Å². The third-order valence-corrected chi connectivity index (χ3v) is 3.53. The molecule has 1 atom stereocenters. The van der Waals surface area contributed by atoms with E-state index in [-0.39, 0.29) is 16.8 Å². The molecule has 0 aliphatic rings. The summed E-state index contributed by atoms with van der Waals surface area (Å²) < 4.78 is 13.6. The maximum Gasteiger partial charge on any atom is 0.172 e. The summed E-state index contributed by atoms with van der Waals surface area (Å²) in [6.45, 7) is 1.87. The maximum absolute atomic E-state index is 13.6. The van der Waals surface area contributed by atoms with E-state index in [2.05, 4.69) is 9.97 Å². The number of thioether (sulfide) groups is 1. The Hall–Kier alpha value is -1.93. The van der Waals surface area contributed by atoms with Crippen LogP contribution in [0.1, 0.15) is 23.4 Å².